The lowest BCUT2D eigenvalue weighted by atomic mass is 10.4. The average molecular weight is 696 g/mol. The minimum atomic E-state index is 0.544. The highest BCUT2D eigenvalue weighted by Crippen LogP contribution is 2.14. The van der Waals surface area contributed by atoms with E-state index in [1.165, 1.54) is 11.1 Å². The van der Waals surface area contributed by atoms with Gasteiger partial charge in [-0.1, -0.05) is 48.6 Å². The van der Waals surface area contributed by atoms with Gasteiger partial charge in [-0.3, -0.25) is 0 Å². The first-order valence-corrected chi connectivity index (χ1v) is 21.0. The van der Waals surface area contributed by atoms with Crippen molar-refractivity contribution in [1.29, 1.82) is 0 Å². The van der Waals surface area contributed by atoms with Gasteiger partial charge in [-0.05, 0) is 0 Å². The predicted octanol–water partition coefficient (Wildman–Crippen LogP) is 8.14. The van der Waals surface area contributed by atoms with Crippen molar-refractivity contribution in [2.75, 3.05) is 120 Å². The summed E-state index contributed by atoms with van der Waals surface area (Å²) >= 11 is 22.7. The maximum Gasteiger partial charge on any atom is 0.0557 e. The fraction of sp³-hybridized carbons (Fsp3) is 0.714. The Bertz CT molecular complexity index is 588. The van der Waals surface area contributed by atoms with Crippen molar-refractivity contribution in [3.8, 4) is 0 Å². The lowest BCUT2D eigenvalue weighted by Crippen LogP contribution is -2.05. The smallest absolute Gasteiger partial charge is 0.0557 e. The van der Waals surface area contributed by atoms with Gasteiger partial charge in [0.2, 0.25) is 0 Å². The second kappa shape index (κ2) is 32.4. The number of hydrogen-bond donors (Lipinski definition) is 0. The molecule has 0 aromatic heterocycles. The largest absolute Gasteiger partial charge is 0.380 e. The van der Waals surface area contributed by atoms with Gasteiger partial charge in [0.15, 0.2) is 0 Å². The number of halogens is 2. The van der Waals surface area contributed by atoms with Gasteiger partial charge in [0.25, 0.3) is 0 Å². The topological polar surface area (TPSA) is 27.7 Å². The van der Waals surface area contributed by atoms with Crippen LogP contribution >= 0.6 is 93.8 Å². The van der Waals surface area contributed by atoms with Gasteiger partial charge < -0.3 is 14.2 Å². The molecule has 0 fully saturated rings. The van der Waals surface area contributed by atoms with E-state index in [4.69, 9.17) is 37.4 Å². The van der Waals surface area contributed by atoms with Gasteiger partial charge in [-0.2, -0.15) is 70.6 Å². The Balaban J connectivity index is 3.29. The van der Waals surface area contributed by atoms with E-state index in [1.54, 1.807) is 0 Å². The molecule has 0 N–H and O–H groups in total. The molecule has 0 aliphatic carbocycles. The van der Waals surface area contributed by atoms with Gasteiger partial charge in [-0.25, -0.2) is 0 Å². The summed E-state index contributed by atoms with van der Waals surface area (Å²) in [4.78, 5) is 0. The Labute approximate surface area is 275 Å². The van der Waals surface area contributed by atoms with E-state index in [2.05, 4.69) is 26.3 Å². The molecule has 3 nitrogen and oxygen atoms in total. The molecule has 0 aliphatic rings. The molecule has 11 heteroatoms. The molecule has 0 spiro atoms. The second-order valence-corrected chi connectivity index (χ2v) is 15.6. The van der Waals surface area contributed by atoms with Crippen molar-refractivity contribution in [1.82, 2.24) is 0 Å². The Kier molecular flexibility index (Phi) is 33.7. The first kappa shape index (κ1) is 40.5. The van der Waals surface area contributed by atoms with E-state index >= 15 is 0 Å². The van der Waals surface area contributed by atoms with Crippen LogP contribution in [0.1, 0.15) is 0 Å². The minimum absolute atomic E-state index is 0.544. The van der Waals surface area contributed by atoms with Crippen LogP contribution in [-0.4, -0.2) is 120 Å². The van der Waals surface area contributed by atoms with Crippen molar-refractivity contribution in [3.63, 3.8) is 0 Å². The fourth-order valence-electron chi connectivity index (χ4n) is 2.47. The number of ether oxygens (including phenoxy) is 3. The molecule has 0 atom stereocenters. The molecule has 228 valence electrons. The van der Waals surface area contributed by atoms with Gasteiger partial charge in [0.1, 0.15) is 0 Å². The van der Waals surface area contributed by atoms with E-state index in [0.29, 0.717) is 11.8 Å². The Hall–Kier alpha value is 1.52. The summed E-state index contributed by atoms with van der Waals surface area (Å²) < 4.78 is 17.1. The molecule has 0 aliphatic heterocycles. The molecule has 0 saturated carbocycles. The molecule has 0 saturated heterocycles. The molecule has 0 amide bonds. The molecule has 0 rings (SSSR count). The standard InChI is InChI=1S/C28H48Cl2O3S6/c1-25(17-29)19-34-11-5-31-7-13-36-21-27(3)23-38-15-9-33-10-16-39-24-28(4)22-37-14-8-32-6-12-35-20-26(2)18-30/h1-24H2. The van der Waals surface area contributed by atoms with Gasteiger partial charge >= 0.3 is 0 Å². The lowest BCUT2D eigenvalue weighted by molar-refractivity contribution is 0.167. The number of rotatable bonds is 32. The van der Waals surface area contributed by atoms with Crippen LogP contribution < -0.4 is 0 Å². The first-order chi connectivity index (χ1) is 19.0. The summed E-state index contributed by atoms with van der Waals surface area (Å²) in [6, 6.07) is 0. The van der Waals surface area contributed by atoms with E-state index in [1.807, 2.05) is 70.6 Å². The summed E-state index contributed by atoms with van der Waals surface area (Å²) in [5.41, 5.74) is 4.71. The van der Waals surface area contributed by atoms with Gasteiger partial charge in [-0.15, -0.1) is 23.2 Å². The number of thioether (sulfide) groups is 6. The monoisotopic (exact) mass is 694 g/mol. The van der Waals surface area contributed by atoms with Crippen LogP contribution in [0.5, 0.6) is 0 Å². The van der Waals surface area contributed by atoms with Crippen molar-refractivity contribution in [2.24, 2.45) is 0 Å². The highest BCUT2D eigenvalue weighted by atomic mass is 35.5. The van der Waals surface area contributed by atoms with Crippen LogP contribution in [-0.2, 0) is 14.2 Å². The van der Waals surface area contributed by atoms with Crippen molar-refractivity contribution < 1.29 is 14.2 Å². The molecule has 0 aromatic rings. The summed E-state index contributed by atoms with van der Waals surface area (Å²) in [6.45, 7) is 20.9. The van der Waals surface area contributed by atoms with Crippen molar-refractivity contribution in [3.05, 3.63) is 48.6 Å². The first-order valence-electron chi connectivity index (χ1n) is 13.0. The highest BCUT2D eigenvalue weighted by molar-refractivity contribution is 8.01. The molecule has 0 bridgehead atoms. The minimum Gasteiger partial charge on any atom is -0.380 e. The Morgan fingerprint density at radius 2 is 0.590 bits per heavy atom. The lowest BCUT2D eigenvalue weighted by Gasteiger charge is -2.08. The summed E-state index contributed by atoms with van der Waals surface area (Å²) in [5.74, 6) is 12.9. The number of hydrogen-bond acceptors (Lipinski definition) is 9. The van der Waals surface area contributed by atoms with Crippen molar-refractivity contribution >= 4 is 93.8 Å². The summed E-state index contributed by atoms with van der Waals surface area (Å²) in [5, 5.41) is 0. The van der Waals surface area contributed by atoms with Gasteiger partial charge in [0, 0.05) is 80.8 Å². The summed E-state index contributed by atoms with van der Waals surface area (Å²) in [7, 11) is 0. The normalized spacial score (nSPS) is 11.1. The van der Waals surface area contributed by atoms with Crippen LogP contribution in [0.25, 0.3) is 0 Å². The molecule has 0 unspecified atom stereocenters. The van der Waals surface area contributed by atoms with E-state index < -0.39 is 0 Å². The van der Waals surface area contributed by atoms with Crippen LogP contribution in [0.4, 0.5) is 0 Å². The number of alkyl halides is 2. The average Bonchev–Trinajstić information content (AvgIpc) is 2.93. The zero-order chi connectivity index (χ0) is 28.8. The molecule has 0 aromatic carbocycles. The quantitative estimate of drug-likeness (QED) is 0.0393. The molecule has 39 heavy (non-hydrogen) atoms. The zero-order valence-corrected chi connectivity index (χ0v) is 29.8. The molecular formula is C28H48Cl2O3S6. The highest BCUT2D eigenvalue weighted by Gasteiger charge is 2.00. The fourth-order valence-corrected chi connectivity index (χ4v) is 7.77. The van der Waals surface area contributed by atoms with Crippen LogP contribution in [0.3, 0.4) is 0 Å². The van der Waals surface area contributed by atoms with Crippen LogP contribution in [0.15, 0.2) is 48.6 Å². The second-order valence-electron chi connectivity index (χ2n) is 8.42. The van der Waals surface area contributed by atoms with Crippen LogP contribution in [0, 0.1) is 0 Å². The maximum absolute atomic E-state index is 5.77. The third-order valence-electron chi connectivity index (χ3n) is 4.45. The molecule has 0 radical (unpaired) electrons. The predicted molar refractivity (Wildman–Crippen MR) is 194 cm³/mol. The van der Waals surface area contributed by atoms with E-state index in [0.717, 1.165) is 120 Å². The Morgan fingerprint density at radius 1 is 0.385 bits per heavy atom. The van der Waals surface area contributed by atoms with E-state index in [-0.39, 0.29) is 0 Å². The molecule has 0 heterocycles. The van der Waals surface area contributed by atoms with Crippen LogP contribution in [0.2, 0.25) is 0 Å². The SMILES string of the molecule is C=C(CCl)CSCCOCCSCC(=C)CSCCOCCSCC(=C)CSCCOCCSCC(=C)CCl. The molecular weight excluding hydrogens is 648 g/mol. The van der Waals surface area contributed by atoms with Gasteiger partial charge in [0.05, 0.1) is 39.6 Å². The summed E-state index contributed by atoms with van der Waals surface area (Å²) in [6.07, 6.45) is 0. The third-order valence-corrected chi connectivity index (χ3v) is 11.6. The maximum atomic E-state index is 5.77. The Morgan fingerprint density at radius 3 is 0.795 bits per heavy atom. The third kappa shape index (κ3) is 32.3. The van der Waals surface area contributed by atoms with Crippen molar-refractivity contribution in [2.45, 2.75) is 0 Å². The zero-order valence-electron chi connectivity index (χ0n) is 23.4. The van der Waals surface area contributed by atoms with E-state index in [9.17, 15) is 0 Å².